The second-order valence-corrected chi connectivity index (χ2v) is 6.59. The molecule has 4 nitrogen and oxygen atoms in total. The van der Waals surface area contributed by atoms with E-state index in [9.17, 15) is 4.79 Å². The third kappa shape index (κ3) is 4.21. The lowest BCUT2D eigenvalue weighted by atomic mass is 10.0. The Balaban J connectivity index is 2.19. The zero-order valence-electron chi connectivity index (χ0n) is 13.5. The fraction of sp³-hybridized carbons (Fsp3) is 0.588. The molecule has 1 aromatic carbocycles. The third-order valence-electron chi connectivity index (χ3n) is 3.65. The summed E-state index contributed by atoms with van der Waals surface area (Å²) in [6, 6.07) is 7.91. The molecule has 0 aromatic heterocycles. The molecule has 1 aromatic rings. The number of amides is 1. The molecular weight excluding hydrogens is 264 g/mol. The first kappa shape index (κ1) is 15.8. The van der Waals surface area contributed by atoms with Gasteiger partial charge >= 0.3 is 0 Å². The van der Waals surface area contributed by atoms with E-state index in [2.05, 4.69) is 5.32 Å². The summed E-state index contributed by atoms with van der Waals surface area (Å²) in [5.74, 6) is 0.733. The summed E-state index contributed by atoms with van der Waals surface area (Å²) in [6.07, 6.45) is 2.17. The highest BCUT2D eigenvalue weighted by atomic mass is 16.5. The largest absolute Gasteiger partial charge is 0.487 e. The van der Waals surface area contributed by atoms with Crippen molar-refractivity contribution in [3.8, 4) is 5.75 Å². The van der Waals surface area contributed by atoms with Gasteiger partial charge in [0.25, 0.3) is 5.91 Å². The monoisotopic (exact) mass is 290 g/mol. The van der Waals surface area contributed by atoms with Crippen molar-refractivity contribution in [1.29, 1.82) is 0 Å². The number of hydrogen-bond acceptors (Lipinski definition) is 3. The SMILES string of the molecule is CNC1CCCN(C(=O)c2ccccc2OC(C)(C)C)C1. The maximum absolute atomic E-state index is 12.8. The van der Waals surface area contributed by atoms with Crippen LogP contribution in [0.4, 0.5) is 0 Å². The molecule has 1 amide bonds. The molecule has 0 radical (unpaired) electrons. The van der Waals surface area contributed by atoms with Crippen LogP contribution in [0.15, 0.2) is 24.3 Å². The second kappa shape index (κ2) is 6.48. The molecule has 2 rings (SSSR count). The number of likely N-dealkylation sites (tertiary alicyclic amines) is 1. The lowest BCUT2D eigenvalue weighted by molar-refractivity contribution is 0.0683. The summed E-state index contributed by atoms with van der Waals surface area (Å²) < 4.78 is 5.93. The van der Waals surface area contributed by atoms with Crippen molar-refractivity contribution < 1.29 is 9.53 Å². The van der Waals surface area contributed by atoms with E-state index in [-0.39, 0.29) is 11.5 Å². The van der Waals surface area contributed by atoms with Gasteiger partial charge in [-0.25, -0.2) is 0 Å². The highest BCUT2D eigenvalue weighted by Gasteiger charge is 2.26. The van der Waals surface area contributed by atoms with Crippen molar-refractivity contribution in [1.82, 2.24) is 10.2 Å². The minimum Gasteiger partial charge on any atom is -0.487 e. The van der Waals surface area contributed by atoms with Gasteiger partial charge in [-0.2, -0.15) is 0 Å². The van der Waals surface area contributed by atoms with Crippen molar-refractivity contribution in [2.45, 2.75) is 45.3 Å². The summed E-state index contributed by atoms with van der Waals surface area (Å²) >= 11 is 0. The number of piperidine rings is 1. The maximum atomic E-state index is 12.8. The predicted octanol–water partition coefficient (Wildman–Crippen LogP) is 2.69. The molecule has 0 spiro atoms. The number of benzene rings is 1. The van der Waals surface area contributed by atoms with Crippen molar-refractivity contribution >= 4 is 5.91 Å². The number of carbonyl (C=O) groups is 1. The van der Waals surface area contributed by atoms with Crippen LogP contribution in [0.25, 0.3) is 0 Å². The Morgan fingerprint density at radius 2 is 2.05 bits per heavy atom. The highest BCUT2D eigenvalue weighted by Crippen LogP contribution is 2.25. The summed E-state index contributed by atoms with van der Waals surface area (Å²) in [5, 5.41) is 3.27. The number of para-hydroxylation sites is 1. The van der Waals surface area contributed by atoms with E-state index < -0.39 is 0 Å². The van der Waals surface area contributed by atoms with E-state index >= 15 is 0 Å². The van der Waals surface area contributed by atoms with Gasteiger partial charge < -0.3 is 15.0 Å². The number of nitrogens with zero attached hydrogens (tertiary/aromatic N) is 1. The first-order valence-electron chi connectivity index (χ1n) is 7.65. The molecule has 21 heavy (non-hydrogen) atoms. The van der Waals surface area contributed by atoms with E-state index in [4.69, 9.17) is 4.74 Å². The van der Waals surface area contributed by atoms with Crippen LogP contribution in [0.3, 0.4) is 0 Å². The van der Waals surface area contributed by atoms with Gasteiger partial charge in [0.15, 0.2) is 0 Å². The molecule has 1 unspecified atom stereocenters. The molecule has 1 aliphatic heterocycles. The molecule has 1 fully saturated rings. The van der Waals surface area contributed by atoms with Gasteiger partial charge in [-0.1, -0.05) is 12.1 Å². The average Bonchev–Trinajstić information content (AvgIpc) is 2.45. The molecule has 0 bridgehead atoms. The van der Waals surface area contributed by atoms with Crippen LogP contribution in [0.5, 0.6) is 5.75 Å². The number of ether oxygens (including phenoxy) is 1. The Morgan fingerprint density at radius 3 is 2.71 bits per heavy atom. The molecule has 1 N–H and O–H groups in total. The smallest absolute Gasteiger partial charge is 0.257 e. The normalized spacial score (nSPS) is 19.4. The van der Waals surface area contributed by atoms with Crippen LogP contribution in [-0.4, -0.2) is 42.6 Å². The number of nitrogens with one attached hydrogen (secondary N) is 1. The van der Waals surface area contributed by atoms with Crippen LogP contribution in [0.2, 0.25) is 0 Å². The van der Waals surface area contributed by atoms with Crippen molar-refractivity contribution in [2.75, 3.05) is 20.1 Å². The topological polar surface area (TPSA) is 41.6 Å². The van der Waals surface area contributed by atoms with Crippen molar-refractivity contribution in [2.24, 2.45) is 0 Å². The molecule has 1 saturated heterocycles. The van der Waals surface area contributed by atoms with Crippen LogP contribution in [-0.2, 0) is 0 Å². The summed E-state index contributed by atoms with van der Waals surface area (Å²) in [5.41, 5.74) is 0.343. The average molecular weight is 290 g/mol. The Bertz CT molecular complexity index is 494. The van der Waals surface area contributed by atoms with Gasteiger partial charge in [0.1, 0.15) is 11.4 Å². The maximum Gasteiger partial charge on any atom is 0.257 e. The summed E-state index contributed by atoms with van der Waals surface area (Å²) in [7, 11) is 1.95. The second-order valence-electron chi connectivity index (χ2n) is 6.59. The fourth-order valence-electron chi connectivity index (χ4n) is 2.63. The Morgan fingerprint density at radius 1 is 1.33 bits per heavy atom. The number of carbonyl (C=O) groups excluding carboxylic acids is 1. The van der Waals surface area contributed by atoms with E-state index in [1.54, 1.807) is 0 Å². The van der Waals surface area contributed by atoms with Gasteiger partial charge in [-0.05, 0) is 52.8 Å². The number of rotatable bonds is 3. The zero-order chi connectivity index (χ0) is 15.5. The van der Waals surface area contributed by atoms with E-state index in [1.807, 2.05) is 57.0 Å². The van der Waals surface area contributed by atoms with Crippen LogP contribution in [0, 0.1) is 0 Å². The van der Waals surface area contributed by atoms with Gasteiger partial charge in [0, 0.05) is 19.1 Å². The first-order chi connectivity index (χ1) is 9.90. The van der Waals surface area contributed by atoms with E-state index in [0.29, 0.717) is 17.4 Å². The van der Waals surface area contributed by atoms with Gasteiger partial charge in [-0.3, -0.25) is 4.79 Å². The van der Waals surface area contributed by atoms with Crippen molar-refractivity contribution in [3.63, 3.8) is 0 Å². The van der Waals surface area contributed by atoms with Gasteiger partial charge in [0.2, 0.25) is 0 Å². The van der Waals surface area contributed by atoms with Gasteiger partial charge in [-0.15, -0.1) is 0 Å². The Labute approximate surface area is 127 Å². The number of hydrogen-bond donors (Lipinski definition) is 1. The molecular formula is C17H26N2O2. The lowest BCUT2D eigenvalue weighted by Gasteiger charge is -2.33. The molecule has 1 heterocycles. The molecule has 1 aliphatic rings. The lowest BCUT2D eigenvalue weighted by Crippen LogP contribution is -2.47. The Kier molecular flexibility index (Phi) is 4.88. The predicted molar refractivity (Wildman–Crippen MR) is 84.8 cm³/mol. The molecule has 116 valence electrons. The van der Waals surface area contributed by atoms with E-state index in [0.717, 1.165) is 25.9 Å². The minimum atomic E-state index is -0.314. The quantitative estimate of drug-likeness (QED) is 0.930. The molecule has 0 saturated carbocycles. The van der Waals surface area contributed by atoms with Crippen LogP contribution in [0.1, 0.15) is 44.0 Å². The van der Waals surface area contributed by atoms with Gasteiger partial charge in [0.05, 0.1) is 5.56 Å². The number of likely N-dealkylation sites (N-methyl/N-ethyl adjacent to an activating group) is 1. The Hall–Kier alpha value is -1.55. The molecule has 0 aliphatic carbocycles. The molecule has 1 atom stereocenters. The standard InChI is InChI=1S/C17H26N2O2/c1-17(2,3)21-15-10-6-5-9-14(15)16(20)19-11-7-8-13(12-19)18-4/h5-6,9-10,13,18H,7-8,11-12H2,1-4H3. The van der Waals surface area contributed by atoms with E-state index in [1.165, 1.54) is 0 Å². The minimum absolute atomic E-state index is 0.0646. The third-order valence-corrected chi connectivity index (χ3v) is 3.65. The summed E-state index contributed by atoms with van der Waals surface area (Å²) in [4.78, 5) is 14.7. The summed E-state index contributed by atoms with van der Waals surface area (Å²) in [6.45, 7) is 7.56. The highest BCUT2D eigenvalue weighted by molar-refractivity contribution is 5.97. The first-order valence-corrected chi connectivity index (χ1v) is 7.65. The zero-order valence-corrected chi connectivity index (χ0v) is 13.5. The van der Waals surface area contributed by atoms with Crippen LogP contribution >= 0.6 is 0 Å². The molecule has 4 heteroatoms. The van der Waals surface area contributed by atoms with Crippen molar-refractivity contribution in [3.05, 3.63) is 29.8 Å². The van der Waals surface area contributed by atoms with Crippen LogP contribution < -0.4 is 10.1 Å². The fourth-order valence-corrected chi connectivity index (χ4v) is 2.63.